The Morgan fingerprint density at radius 2 is 2.33 bits per heavy atom. The van der Waals surface area contributed by atoms with Crippen LogP contribution in [0.2, 0.25) is 0 Å². The van der Waals surface area contributed by atoms with Gasteiger partial charge in [-0.25, -0.2) is 4.39 Å². The van der Waals surface area contributed by atoms with E-state index < -0.39 is 5.82 Å². The van der Waals surface area contributed by atoms with Crippen molar-refractivity contribution in [3.8, 4) is 0 Å². The van der Waals surface area contributed by atoms with Crippen LogP contribution in [-0.4, -0.2) is 43.0 Å². The van der Waals surface area contributed by atoms with Crippen molar-refractivity contribution in [1.29, 1.82) is 0 Å². The number of hydrogen-bond donors (Lipinski definition) is 2. The summed E-state index contributed by atoms with van der Waals surface area (Å²) in [5.41, 5.74) is 0.234. The lowest BCUT2D eigenvalue weighted by molar-refractivity contribution is -0.117. The predicted molar refractivity (Wildman–Crippen MR) is 83.7 cm³/mol. The summed E-state index contributed by atoms with van der Waals surface area (Å²) in [6.07, 6.45) is 2.45. The maximum atomic E-state index is 13.7. The third kappa shape index (κ3) is 3.62. The van der Waals surface area contributed by atoms with Crippen LogP contribution in [0.4, 0.5) is 10.1 Å². The van der Waals surface area contributed by atoms with Crippen LogP contribution in [0, 0.1) is 11.7 Å². The van der Waals surface area contributed by atoms with E-state index in [9.17, 15) is 9.18 Å². The minimum Gasteiger partial charge on any atom is -0.322 e. The molecule has 2 atom stereocenters. The number of benzene rings is 1. The van der Waals surface area contributed by atoms with Crippen molar-refractivity contribution in [3.63, 3.8) is 0 Å². The van der Waals surface area contributed by atoms with Gasteiger partial charge in [0.05, 0.1) is 12.2 Å². The highest BCUT2D eigenvalue weighted by molar-refractivity contribution is 9.10. The second-order valence-electron chi connectivity index (χ2n) is 5.83. The minimum atomic E-state index is -0.422. The fraction of sp³-hybridized carbons (Fsp3) is 0.533. The number of carbonyl (C=O) groups is 1. The smallest absolute Gasteiger partial charge is 0.238 e. The topological polar surface area (TPSA) is 44.4 Å². The number of hydrogen-bond acceptors (Lipinski definition) is 3. The quantitative estimate of drug-likeness (QED) is 0.873. The maximum absolute atomic E-state index is 13.7. The van der Waals surface area contributed by atoms with E-state index in [2.05, 4.69) is 31.5 Å². The summed E-state index contributed by atoms with van der Waals surface area (Å²) in [7, 11) is 0. The number of fused-ring (bicyclic) bond motifs is 1. The van der Waals surface area contributed by atoms with Crippen LogP contribution < -0.4 is 10.6 Å². The van der Waals surface area contributed by atoms with Gasteiger partial charge in [-0.05, 0) is 43.5 Å². The Kier molecular flexibility index (Phi) is 4.57. The summed E-state index contributed by atoms with van der Waals surface area (Å²) in [5, 5.41) is 6.16. The average molecular weight is 356 g/mol. The van der Waals surface area contributed by atoms with Gasteiger partial charge in [-0.1, -0.05) is 15.9 Å². The minimum absolute atomic E-state index is 0.158. The molecule has 0 radical (unpaired) electrons. The zero-order valence-corrected chi connectivity index (χ0v) is 13.3. The number of halogens is 2. The number of nitrogens with zero attached hydrogens (tertiary/aromatic N) is 1. The third-order valence-electron chi connectivity index (χ3n) is 4.25. The molecule has 6 heteroatoms. The highest BCUT2D eigenvalue weighted by Gasteiger charge is 2.34. The van der Waals surface area contributed by atoms with Crippen LogP contribution in [-0.2, 0) is 4.79 Å². The molecule has 0 aliphatic carbocycles. The van der Waals surface area contributed by atoms with Gasteiger partial charge in [-0.3, -0.25) is 9.69 Å². The summed E-state index contributed by atoms with van der Waals surface area (Å²) in [6, 6.07) is 5.15. The Hall–Kier alpha value is -0.980. The second-order valence-corrected chi connectivity index (χ2v) is 6.75. The fourth-order valence-corrected chi connectivity index (χ4v) is 3.58. The van der Waals surface area contributed by atoms with Gasteiger partial charge in [0.15, 0.2) is 0 Å². The molecule has 0 saturated carbocycles. The summed E-state index contributed by atoms with van der Waals surface area (Å²) in [5.74, 6) is 0.0697. The molecule has 114 valence electrons. The Balaban J connectivity index is 1.55. The summed E-state index contributed by atoms with van der Waals surface area (Å²) >= 11 is 3.20. The molecule has 1 aromatic rings. The molecule has 1 amide bonds. The first-order valence-corrected chi connectivity index (χ1v) is 8.12. The lowest BCUT2D eigenvalue weighted by atomic mass is 9.94. The average Bonchev–Trinajstić information content (AvgIpc) is 2.84. The molecule has 3 rings (SSSR count). The molecule has 2 saturated heterocycles. The molecule has 2 aliphatic heterocycles. The normalized spacial score (nSPS) is 25.6. The van der Waals surface area contributed by atoms with Gasteiger partial charge >= 0.3 is 0 Å². The van der Waals surface area contributed by atoms with Gasteiger partial charge in [-0.2, -0.15) is 0 Å². The van der Waals surface area contributed by atoms with Crippen LogP contribution in [0.5, 0.6) is 0 Å². The molecule has 2 fully saturated rings. The molecule has 1 aromatic carbocycles. The number of piperidine rings is 1. The van der Waals surface area contributed by atoms with Crippen molar-refractivity contribution >= 4 is 27.5 Å². The first-order chi connectivity index (χ1) is 10.1. The van der Waals surface area contributed by atoms with Gasteiger partial charge < -0.3 is 10.6 Å². The first kappa shape index (κ1) is 14.9. The Labute approximate surface area is 132 Å². The Morgan fingerprint density at radius 1 is 1.48 bits per heavy atom. The van der Waals surface area contributed by atoms with Crippen molar-refractivity contribution in [3.05, 3.63) is 28.5 Å². The van der Waals surface area contributed by atoms with Crippen molar-refractivity contribution in [2.24, 2.45) is 5.92 Å². The lowest BCUT2D eigenvalue weighted by Gasteiger charge is -2.24. The summed E-state index contributed by atoms with van der Waals surface area (Å²) < 4.78 is 14.4. The van der Waals surface area contributed by atoms with Gasteiger partial charge in [0.2, 0.25) is 5.91 Å². The standard InChI is InChI=1S/C15H19BrFN3O/c16-11-3-4-13(12(17)6-11)19-15(21)9-20-7-10-2-1-5-18-14(10)8-20/h3-4,6,10,14,18H,1-2,5,7-9H2,(H,19,21). The molecule has 0 bridgehead atoms. The van der Waals surface area contributed by atoms with Crippen molar-refractivity contribution in [1.82, 2.24) is 10.2 Å². The molecule has 4 nitrogen and oxygen atoms in total. The van der Waals surface area contributed by atoms with Gasteiger partial charge in [0, 0.05) is 23.6 Å². The zero-order valence-electron chi connectivity index (χ0n) is 11.7. The lowest BCUT2D eigenvalue weighted by Crippen LogP contribution is -2.41. The highest BCUT2D eigenvalue weighted by Crippen LogP contribution is 2.25. The SMILES string of the molecule is O=C(CN1CC2CCCNC2C1)Nc1ccc(Br)cc1F. The monoisotopic (exact) mass is 355 g/mol. The molecule has 0 aromatic heterocycles. The number of carbonyl (C=O) groups excluding carboxylic acids is 1. The largest absolute Gasteiger partial charge is 0.322 e. The first-order valence-electron chi connectivity index (χ1n) is 7.32. The fourth-order valence-electron chi connectivity index (χ4n) is 3.25. The highest BCUT2D eigenvalue weighted by atomic mass is 79.9. The molecule has 21 heavy (non-hydrogen) atoms. The molecule has 2 unspecified atom stereocenters. The number of amides is 1. The van der Waals surface area contributed by atoms with E-state index in [0.29, 0.717) is 23.0 Å². The van der Waals surface area contributed by atoms with E-state index in [1.807, 2.05) is 0 Å². The van der Waals surface area contributed by atoms with Crippen LogP contribution in [0.25, 0.3) is 0 Å². The molecule has 2 N–H and O–H groups in total. The number of nitrogens with one attached hydrogen (secondary N) is 2. The number of rotatable bonds is 3. The number of anilines is 1. The zero-order chi connectivity index (χ0) is 14.8. The Morgan fingerprint density at radius 3 is 3.10 bits per heavy atom. The Bertz CT molecular complexity index is 526. The molecule has 2 heterocycles. The van der Waals surface area contributed by atoms with Crippen LogP contribution in [0.1, 0.15) is 12.8 Å². The van der Waals surface area contributed by atoms with Crippen LogP contribution >= 0.6 is 15.9 Å². The van der Waals surface area contributed by atoms with E-state index in [1.165, 1.54) is 18.9 Å². The van der Waals surface area contributed by atoms with Gasteiger partial charge in [0.1, 0.15) is 5.82 Å². The predicted octanol–water partition coefficient (Wildman–Crippen LogP) is 2.21. The van der Waals surface area contributed by atoms with Gasteiger partial charge in [0.25, 0.3) is 0 Å². The third-order valence-corrected chi connectivity index (χ3v) is 4.74. The summed E-state index contributed by atoms with van der Waals surface area (Å²) in [4.78, 5) is 14.2. The molecular weight excluding hydrogens is 337 g/mol. The van der Waals surface area contributed by atoms with E-state index in [1.54, 1.807) is 12.1 Å². The molecular formula is C15H19BrFN3O. The van der Waals surface area contributed by atoms with E-state index >= 15 is 0 Å². The van der Waals surface area contributed by atoms with E-state index in [0.717, 1.165) is 19.6 Å². The van der Waals surface area contributed by atoms with Crippen LogP contribution in [0.3, 0.4) is 0 Å². The van der Waals surface area contributed by atoms with Crippen molar-refractivity contribution in [2.75, 3.05) is 31.5 Å². The second kappa shape index (κ2) is 6.42. The van der Waals surface area contributed by atoms with Gasteiger partial charge in [-0.15, -0.1) is 0 Å². The molecule has 0 spiro atoms. The van der Waals surface area contributed by atoms with E-state index in [-0.39, 0.29) is 11.6 Å². The van der Waals surface area contributed by atoms with E-state index in [4.69, 9.17) is 0 Å². The van der Waals surface area contributed by atoms with Crippen LogP contribution in [0.15, 0.2) is 22.7 Å². The van der Waals surface area contributed by atoms with Crippen molar-refractivity contribution < 1.29 is 9.18 Å². The number of likely N-dealkylation sites (tertiary alicyclic amines) is 1. The van der Waals surface area contributed by atoms with Crippen molar-refractivity contribution in [2.45, 2.75) is 18.9 Å². The maximum Gasteiger partial charge on any atom is 0.238 e. The summed E-state index contributed by atoms with van der Waals surface area (Å²) in [6.45, 7) is 3.25. The molecule has 2 aliphatic rings.